The van der Waals surface area contributed by atoms with E-state index in [2.05, 4.69) is 6.92 Å². The van der Waals surface area contributed by atoms with Gasteiger partial charge in [0.1, 0.15) is 5.92 Å². The average molecular weight is 537 g/mol. The quantitative estimate of drug-likeness (QED) is 0.180. The van der Waals surface area contributed by atoms with Gasteiger partial charge in [-0.25, -0.2) is 9.96 Å². The van der Waals surface area contributed by atoms with Crippen LogP contribution in [-0.4, -0.2) is 31.1 Å². The number of fused-ring (bicyclic) bond motifs is 2. The topological polar surface area (TPSA) is 68.3 Å². The van der Waals surface area contributed by atoms with Gasteiger partial charge in [0.2, 0.25) is 5.91 Å². The van der Waals surface area contributed by atoms with Gasteiger partial charge in [0.25, 0.3) is 5.91 Å². The molecule has 0 aromatic heterocycles. The second-order valence-corrected chi connectivity index (χ2v) is 10.0. The largest absolute Gasteiger partial charge is 0.490 e. The summed E-state index contributed by atoms with van der Waals surface area (Å²) < 4.78 is 12.0. The van der Waals surface area contributed by atoms with Crippen LogP contribution in [0.4, 0.5) is 11.4 Å². The maximum atomic E-state index is 14.2. The highest BCUT2D eigenvalue weighted by Crippen LogP contribution is 2.49. The van der Waals surface area contributed by atoms with E-state index in [0.29, 0.717) is 30.4 Å². The standard InChI is InChI=1S/C33H32N2O5/c1-3-5-20-39-27-19-18-23(21-28(27)38-4-2)30-29-31(40-35(30)24-14-7-6-8-15-24)33(37)34(32(29)36)26-17-11-13-22-12-9-10-16-25(22)26/h6-19,21,29-31H,3-5,20H2,1-2H3/t29-,30-,31-/m1/s1. The lowest BCUT2D eigenvalue weighted by molar-refractivity contribution is -0.126. The number of ether oxygens (including phenoxy) is 2. The molecule has 4 aromatic rings. The number of rotatable bonds is 9. The number of hydrogen-bond acceptors (Lipinski definition) is 6. The summed E-state index contributed by atoms with van der Waals surface area (Å²) in [6, 6.07) is 28.2. The molecule has 0 aliphatic carbocycles. The number of hydroxylamine groups is 1. The van der Waals surface area contributed by atoms with Crippen molar-refractivity contribution in [3.05, 3.63) is 96.6 Å². The maximum absolute atomic E-state index is 14.2. The highest BCUT2D eigenvalue weighted by Gasteiger charge is 2.60. The molecule has 0 bridgehead atoms. The number of anilines is 2. The summed E-state index contributed by atoms with van der Waals surface area (Å²) in [5, 5.41) is 3.50. The smallest absolute Gasteiger partial charge is 0.266 e. The Morgan fingerprint density at radius 2 is 1.57 bits per heavy atom. The van der Waals surface area contributed by atoms with Gasteiger partial charge >= 0.3 is 0 Å². The predicted octanol–water partition coefficient (Wildman–Crippen LogP) is 6.47. The molecule has 2 aliphatic rings. The molecule has 0 spiro atoms. The number of carbonyl (C=O) groups is 2. The Hall–Kier alpha value is -4.36. The lowest BCUT2D eigenvalue weighted by Gasteiger charge is -2.29. The van der Waals surface area contributed by atoms with Gasteiger partial charge in [0.05, 0.1) is 30.6 Å². The number of hydrogen-bond donors (Lipinski definition) is 0. The summed E-state index contributed by atoms with van der Waals surface area (Å²) in [6.07, 6.45) is 1.02. The van der Waals surface area contributed by atoms with Gasteiger partial charge in [-0.05, 0) is 54.6 Å². The molecule has 0 saturated carbocycles. The fourth-order valence-corrected chi connectivity index (χ4v) is 5.62. The Kier molecular flexibility index (Phi) is 7.13. The molecular weight excluding hydrogens is 504 g/mol. The molecule has 2 saturated heterocycles. The van der Waals surface area contributed by atoms with E-state index in [4.69, 9.17) is 14.3 Å². The fourth-order valence-electron chi connectivity index (χ4n) is 5.62. The number of imide groups is 1. The normalized spacial score (nSPS) is 20.3. The molecular formula is C33H32N2O5. The first kappa shape index (κ1) is 25.9. The van der Waals surface area contributed by atoms with Crippen LogP contribution in [0, 0.1) is 5.92 Å². The van der Waals surface area contributed by atoms with E-state index in [1.807, 2.05) is 97.9 Å². The number of nitrogens with zero attached hydrogens (tertiary/aromatic N) is 2. The van der Waals surface area contributed by atoms with Crippen LogP contribution in [0.3, 0.4) is 0 Å². The molecule has 40 heavy (non-hydrogen) atoms. The van der Waals surface area contributed by atoms with Crippen molar-refractivity contribution in [3.63, 3.8) is 0 Å². The van der Waals surface area contributed by atoms with Crippen molar-refractivity contribution in [2.75, 3.05) is 23.2 Å². The van der Waals surface area contributed by atoms with E-state index in [1.165, 1.54) is 4.90 Å². The molecule has 7 nitrogen and oxygen atoms in total. The average Bonchev–Trinajstić information content (AvgIpc) is 3.49. The van der Waals surface area contributed by atoms with Crippen LogP contribution in [0.1, 0.15) is 38.3 Å². The van der Waals surface area contributed by atoms with Crippen molar-refractivity contribution in [1.82, 2.24) is 0 Å². The van der Waals surface area contributed by atoms with Crippen LogP contribution in [0.25, 0.3) is 10.8 Å². The van der Waals surface area contributed by atoms with Crippen molar-refractivity contribution in [3.8, 4) is 11.5 Å². The van der Waals surface area contributed by atoms with Gasteiger partial charge in [-0.15, -0.1) is 0 Å². The summed E-state index contributed by atoms with van der Waals surface area (Å²) in [7, 11) is 0. The molecule has 6 rings (SSSR count). The van der Waals surface area contributed by atoms with Crippen LogP contribution >= 0.6 is 0 Å². The third kappa shape index (κ3) is 4.46. The van der Waals surface area contributed by atoms with E-state index in [0.717, 1.165) is 34.9 Å². The van der Waals surface area contributed by atoms with Crippen molar-refractivity contribution >= 4 is 34.0 Å². The van der Waals surface area contributed by atoms with Crippen molar-refractivity contribution in [1.29, 1.82) is 0 Å². The molecule has 2 heterocycles. The first-order chi connectivity index (χ1) is 19.6. The van der Waals surface area contributed by atoms with Gasteiger partial charge in [-0.1, -0.05) is 74.0 Å². The molecule has 4 aromatic carbocycles. The lowest BCUT2D eigenvalue weighted by Crippen LogP contribution is -2.37. The first-order valence-corrected chi connectivity index (χ1v) is 13.9. The number of unbranched alkanes of at least 4 members (excludes halogenated alkanes) is 1. The minimum atomic E-state index is -0.951. The van der Waals surface area contributed by atoms with Gasteiger partial charge in [-0.3, -0.25) is 14.4 Å². The zero-order valence-corrected chi connectivity index (χ0v) is 22.7. The zero-order valence-electron chi connectivity index (χ0n) is 22.7. The van der Waals surface area contributed by atoms with Crippen molar-refractivity contribution in [2.24, 2.45) is 5.92 Å². The van der Waals surface area contributed by atoms with Crippen LogP contribution in [0.5, 0.6) is 11.5 Å². The predicted molar refractivity (Wildman–Crippen MR) is 154 cm³/mol. The SMILES string of the molecule is CCCCOc1ccc([C@@H]2[C@H]3C(=O)N(c4cccc5ccccc45)C(=O)[C@@H]3ON2c2ccccc2)cc1OCC. The highest BCUT2D eigenvalue weighted by molar-refractivity contribution is 6.26. The van der Waals surface area contributed by atoms with Crippen LogP contribution in [0.15, 0.2) is 91.0 Å². The zero-order chi connectivity index (χ0) is 27.6. The maximum Gasteiger partial charge on any atom is 0.266 e. The Bertz CT molecular complexity index is 1530. The third-order valence-corrected chi connectivity index (χ3v) is 7.50. The van der Waals surface area contributed by atoms with Gasteiger partial charge in [-0.2, -0.15) is 0 Å². The number of benzene rings is 4. The van der Waals surface area contributed by atoms with E-state index in [1.54, 1.807) is 5.06 Å². The van der Waals surface area contributed by atoms with Crippen LogP contribution < -0.4 is 19.4 Å². The summed E-state index contributed by atoms with van der Waals surface area (Å²) in [5.74, 6) is -0.120. The summed E-state index contributed by atoms with van der Waals surface area (Å²) in [6.45, 7) is 5.10. The van der Waals surface area contributed by atoms with Gasteiger partial charge in [0, 0.05) is 5.39 Å². The van der Waals surface area contributed by atoms with E-state index in [-0.39, 0.29) is 11.8 Å². The third-order valence-electron chi connectivity index (χ3n) is 7.50. The molecule has 7 heteroatoms. The molecule has 204 valence electrons. The van der Waals surface area contributed by atoms with Crippen molar-refractivity contribution < 1.29 is 23.9 Å². The monoisotopic (exact) mass is 536 g/mol. The second kappa shape index (κ2) is 11.0. The first-order valence-electron chi connectivity index (χ1n) is 13.9. The fraction of sp³-hybridized carbons (Fsp3) is 0.273. The minimum absolute atomic E-state index is 0.281. The lowest BCUT2D eigenvalue weighted by atomic mass is 9.90. The van der Waals surface area contributed by atoms with Gasteiger partial charge < -0.3 is 9.47 Å². The Balaban J connectivity index is 1.42. The van der Waals surface area contributed by atoms with E-state index in [9.17, 15) is 9.59 Å². The number of para-hydroxylation sites is 1. The number of carbonyl (C=O) groups excluding carboxylic acids is 2. The Labute approximate surface area is 233 Å². The molecule has 0 N–H and O–H groups in total. The van der Waals surface area contributed by atoms with Crippen LogP contribution in [0.2, 0.25) is 0 Å². The summed E-state index contributed by atoms with van der Waals surface area (Å²) >= 11 is 0. The Morgan fingerprint density at radius 3 is 2.38 bits per heavy atom. The van der Waals surface area contributed by atoms with E-state index < -0.39 is 18.1 Å². The Morgan fingerprint density at radius 1 is 0.800 bits per heavy atom. The van der Waals surface area contributed by atoms with Crippen molar-refractivity contribution in [2.45, 2.75) is 38.8 Å². The molecule has 0 unspecified atom stereocenters. The highest BCUT2D eigenvalue weighted by atomic mass is 16.7. The van der Waals surface area contributed by atoms with E-state index >= 15 is 0 Å². The summed E-state index contributed by atoms with van der Waals surface area (Å²) in [4.78, 5) is 35.7. The molecule has 2 amide bonds. The molecule has 0 radical (unpaired) electrons. The number of amides is 2. The van der Waals surface area contributed by atoms with Gasteiger partial charge in [0.15, 0.2) is 17.6 Å². The summed E-state index contributed by atoms with van der Waals surface area (Å²) in [5.41, 5.74) is 2.15. The molecule has 2 fully saturated rings. The second-order valence-electron chi connectivity index (χ2n) is 10.0. The molecule has 3 atom stereocenters. The minimum Gasteiger partial charge on any atom is -0.490 e. The molecule has 2 aliphatic heterocycles. The van der Waals surface area contributed by atoms with Crippen LogP contribution in [-0.2, 0) is 14.4 Å².